The van der Waals surface area contributed by atoms with E-state index < -0.39 is 0 Å². The zero-order valence-corrected chi connectivity index (χ0v) is 11.2. The molecule has 0 aliphatic carbocycles. The van der Waals surface area contributed by atoms with E-state index in [1.807, 2.05) is 12.1 Å². The third-order valence-electron chi connectivity index (χ3n) is 2.78. The highest BCUT2D eigenvalue weighted by atomic mass is 32.1. The second kappa shape index (κ2) is 4.85. The SMILES string of the molecule is Cc1nc(CCNc2ccc3scnc3c2N)no1. The molecule has 3 N–H and O–H groups in total. The van der Waals surface area contributed by atoms with E-state index in [2.05, 4.69) is 20.4 Å². The number of hydrogen-bond donors (Lipinski definition) is 2. The van der Waals surface area contributed by atoms with Gasteiger partial charge in [0.05, 0.1) is 21.6 Å². The zero-order chi connectivity index (χ0) is 13.2. The number of thiazole rings is 1. The number of aryl methyl sites for hydroxylation is 1. The molecule has 0 radical (unpaired) electrons. The minimum Gasteiger partial charge on any atom is -0.395 e. The van der Waals surface area contributed by atoms with Gasteiger partial charge >= 0.3 is 0 Å². The van der Waals surface area contributed by atoms with Crippen molar-refractivity contribution in [2.75, 3.05) is 17.6 Å². The average molecular weight is 275 g/mol. The Labute approximate surface area is 113 Å². The lowest BCUT2D eigenvalue weighted by molar-refractivity contribution is 0.387. The molecule has 3 rings (SSSR count). The maximum atomic E-state index is 6.08. The summed E-state index contributed by atoms with van der Waals surface area (Å²) in [6.45, 7) is 2.47. The van der Waals surface area contributed by atoms with Gasteiger partial charge in [0.1, 0.15) is 5.52 Å². The van der Waals surface area contributed by atoms with Crippen molar-refractivity contribution in [2.45, 2.75) is 13.3 Å². The summed E-state index contributed by atoms with van der Waals surface area (Å²) in [5, 5.41) is 7.11. The van der Waals surface area contributed by atoms with Crippen LogP contribution in [-0.2, 0) is 6.42 Å². The summed E-state index contributed by atoms with van der Waals surface area (Å²) >= 11 is 1.58. The Bertz CT molecular complexity index is 705. The minimum atomic E-state index is 0.582. The van der Waals surface area contributed by atoms with Gasteiger partial charge < -0.3 is 15.6 Å². The summed E-state index contributed by atoms with van der Waals surface area (Å²) in [7, 11) is 0. The van der Waals surface area contributed by atoms with E-state index in [0.29, 0.717) is 30.4 Å². The van der Waals surface area contributed by atoms with Gasteiger partial charge in [-0.15, -0.1) is 11.3 Å². The lowest BCUT2D eigenvalue weighted by atomic mass is 10.2. The van der Waals surface area contributed by atoms with E-state index in [0.717, 1.165) is 15.9 Å². The first-order valence-corrected chi connectivity index (χ1v) is 6.77. The highest BCUT2D eigenvalue weighted by Gasteiger charge is 2.07. The van der Waals surface area contributed by atoms with Crippen molar-refractivity contribution in [2.24, 2.45) is 0 Å². The number of benzene rings is 1. The average Bonchev–Trinajstić information content (AvgIpc) is 3.01. The fraction of sp³-hybridized carbons (Fsp3) is 0.250. The molecule has 0 amide bonds. The molecule has 0 fully saturated rings. The van der Waals surface area contributed by atoms with E-state index in [1.54, 1.807) is 23.8 Å². The number of rotatable bonds is 4. The molecule has 0 saturated heterocycles. The van der Waals surface area contributed by atoms with Crippen molar-refractivity contribution in [3.05, 3.63) is 29.4 Å². The molecule has 2 aromatic heterocycles. The molecule has 19 heavy (non-hydrogen) atoms. The van der Waals surface area contributed by atoms with Gasteiger partial charge in [0.2, 0.25) is 5.89 Å². The number of nitrogen functional groups attached to an aromatic ring is 1. The predicted molar refractivity (Wildman–Crippen MR) is 75.3 cm³/mol. The molecule has 1 aromatic carbocycles. The van der Waals surface area contributed by atoms with Crippen LogP contribution in [0.5, 0.6) is 0 Å². The lowest BCUT2D eigenvalue weighted by Crippen LogP contribution is -2.08. The molecule has 0 bridgehead atoms. The monoisotopic (exact) mass is 275 g/mol. The summed E-state index contributed by atoms with van der Waals surface area (Å²) in [5.41, 5.74) is 10.3. The normalized spacial score (nSPS) is 11.0. The maximum Gasteiger partial charge on any atom is 0.223 e. The molecule has 6 nitrogen and oxygen atoms in total. The number of anilines is 2. The first-order chi connectivity index (χ1) is 9.24. The van der Waals surface area contributed by atoms with Crippen LogP contribution in [0.1, 0.15) is 11.7 Å². The molecule has 0 spiro atoms. The summed E-state index contributed by atoms with van der Waals surface area (Å²) in [4.78, 5) is 8.41. The number of aromatic nitrogens is 3. The number of nitrogens with zero attached hydrogens (tertiary/aromatic N) is 3. The van der Waals surface area contributed by atoms with Gasteiger partial charge in [-0.3, -0.25) is 0 Å². The Hall–Kier alpha value is -2.15. The summed E-state index contributed by atoms with van der Waals surface area (Å²) in [6.07, 6.45) is 0.686. The van der Waals surface area contributed by atoms with Crippen molar-refractivity contribution < 1.29 is 4.52 Å². The van der Waals surface area contributed by atoms with Crippen molar-refractivity contribution in [3.63, 3.8) is 0 Å². The van der Waals surface area contributed by atoms with Crippen molar-refractivity contribution in [3.8, 4) is 0 Å². The van der Waals surface area contributed by atoms with Crippen LogP contribution >= 0.6 is 11.3 Å². The predicted octanol–water partition coefficient (Wildman–Crippen LogP) is 2.22. The number of hydrogen-bond acceptors (Lipinski definition) is 7. The highest BCUT2D eigenvalue weighted by molar-refractivity contribution is 7.16. The molecule has 0 unspecified atom stereocenters. The highest BCUT2D eigenvalue weighted by Crippen LogP contribution is 2.29. The van der Waals surface area contributed by atoms with Crippen LogP contribution in [0.3, 0.4) is 0 Å². The molecule has 2 heterocycles. The van der Waals surface area contributed by atoms with Gasteiger partial charge in [-0.25, -0.2) is 4.98 Å². The molecule has 7 heteroatoms. The fourth-order valence-electron chi connectivity index (χ4n) is 1.86. The fourth-order valence-corrected chi connectivity index (χ4v) is 2.55. The number of fused-ring (bicyclic) bond motifs is 1. The molecule has 0 aliphatic heterocycles. The van der Waals surface area contributed by atoms with Crippen LogP contribution in [0, 0.1) is 6.92 Å². The van der Waals surface area contributed by atoms with Crippen LogP contribution < -0.4 is 11.1 Å². The summed E-state index contributed by atoms with van der Waals surface area (Å²) in [5.74, 6) is 1.27. The van der Waals surface area contributed by atoms with Crippen LogP contribution in [0.2, 0.25) is 0 Å². The Morgan fingerprint density at radius 1 is 1.42 bits per heavy atom. The maximum absolute atomic E-state index is 6.08. The number of nitrogens with two attached hydrogens (primary N) is 1. The molecule has 0 saturated carbocycles. The first kappa shape index (κ1) is 11.9. The second-order valence-electron chi connectivity index (χ2n) is 4.13. The van der Waals surface area contributed by atoms with Gasteiger partial charge in [-0.1, -0.05) is 5.16 Å². The quantitative estimate of drug-likeness (QED) is 0.710. The minimum absolute atomic E-state index is 0.582. The van der Waals surface area contributed by atoms with E-state index in [4.69, 9.17) is 10.3 Å². The molecule has 0 atom stereocenters. The van der Waals surface area contributed by atoms with Crippen molar-refractivity contribution in [1.29, 1.82) is 0 Å². The number of nitrogens with one attached hydrogen (secondary N) is 1. The first-order valence-electron chi connectivity index (χ1n) is 5.89. The smallest absolute Gasteiger partial charge is 0.223 e. The second-order valence-corrected chi connectivity index (χ2v) is 5.02. The van der Waals surface area contributed by atoms with E-state index in [1.165, 1.54) is 0 Å². The van der Waals surface area contributed by atoms with Crippen molar-refractivity contribution >= 4 is 32.9 Å². The van der Waals surface area contributed by atoms with E-state index in [9.17, 15) is 0 Å². The van der Waals surface area contributed by atoms with Gasteiger partial charge in [0, 0.05) is 19.9 Å². The summed E-state index contributed by atoms with van der Waals surface area (Å²) in [6, 6.07) is 3.99. The Balaban J connectivity index is 1.69. The Kier molecular flexibility index (Phi) is 3.04. The molecule has 0 aliphatic rings. The summed E-state index contributed by atoms with van der Waals surface area (Å²) < 4.78 is 6.01. The van der Waals surface area contributed by atoms with Crippen LogP contribution in [0.4, 0.5) is 11.4 Å². The molecular formula is C12H13N5OS. The van der Waals surface area contributed by atoms with E-state index in [-0.39, 0.29) is 0 Å². The Morgan fingerprint density at radius 2 is 2.32 bits per heavy atom. The third kappa shape index (κ3) is 2.37. The molecule has 98 valence electrons. The topological polar surface area (TPSA) is 89.9 Å². The Morgan fingerprint density at radius 3 is 3.11 bits per heavy atom. The van der Waals surface area contributed by atoms with Crippen molar-refractivity contribution in [1.82, 2.24) is 15.1 Å². The zero-order valence-electron chi connectivity index (χ0n) is 10.4. The van der Waals surface area contributed by atoms with Crippen LogP contribution in [-0.4, -0.2) is 21.7 Å². The van der Waals surface area contributed by atoms with Gasteiger partial charge in [-0.2, -0.15) is 4.98 Å². The standard InChI is InChI=1S/C12H13N5OS/c1-7-16-10(17-18-7)4-5-14-8-2-3-9-12(11(8)13)15-6-19-9/h2-3,6,14H,4-5,13H2,1H3. The molecule has 3 aromatic rings. The lowest BCUT2D eigenvalue weighted by Gasteiger charge is -2.08. The van der Waals surface area contributed by atoms with Crippen LogP contribution in [0.25, 0.3) is 10.2 Å². The van der Waals surface area contributed by atoms with Gasteiger partial charge in [0.15, 0.2) is 5.82 Å². The third-order valence-corrected chi connectivity index (χ3v) is 3.57. The van der Waals surface area contributed by atoms with Crippen LogP contribution in [0.15, 0.2) is 22.2 Å². The van der Waals surface area contributed by atoms with Gasteiger partial charge in [0.25, 0.3) is 0 Å². The molecular weight excluding hydrogens is 262 g/mol. The van der Waals surface area contributed by atoms with Gasteiger partial charge in [-0.05, 0) is 12.1 Å². The largest absolute Gasteiger partial charge is 0.395 e. The van der Waals surface area contributed by atoms with E-state index >= 15 is 0 Å².